The van der Waals surface area contributed by atoms with E-state index in [-0.39, 0.29) is 12.0 Å². The minimum Gasteiger partial charge on any atom is -0.478 e. The minimum absolute atomic E-state index is 0.221. The van der Waals surface area contributed by atoms with Gasteiger partial charge >= 0.3 is 5.97 Å². The predicted octanol–water partition coefficient (Wildman–Crippen LogP) is 2.65. The van der Waals surface area contributed by atoms with Crippen molar-refractivity contribution in [3.63, 3.8) is 0 Å². The van der Waals surface area contributed by atoms with Crippen LogP contribution in [0.1, 0.15) is 42.4 Å². The molecule has 0 unspecified atom stereocenters. The van der Waals surface area contributed by atoms with Crippen LogP contribution in [0.2, 0.25) is 0 Å². The fourth-order valence-electron chi connectivity index (χ4n) is 2.54. The summed E-state index contributed by atoms with van der Waals surface area (Å²) in [5.74, 6) is 0.361. The van der Waals surface area contributed by atoms with Crippen molar-refractivity contribution in [2.45, 2.75) is 38.8 Å². The second-order valence-corrected chi connectivity index (χ2v) is 5.53. The molecule has 20 heavy (non-hydrogen) atoms. The van der Waals surface area contributed by atoms with Gasteiger partial charge in [0.05, 0.1) is 29.2 Å². The van der Waals surface area contributed by atoms with Gasteiger partial charge in [-0.2, -0.15) is 0 Å². The van der Waals surface area contributed by atoms with E-state index < -0.39 is 5.97 Å². The molecule has 0 radical (unpaired) electrons. The van der Waals surface area contributed by atoms with Crippen molar-refractivity contribution in [1.82, 2.24) is 9.55 Å². The number of imidazole rings is 1. The summed E-state index contributed by atoms with van der Waals surface area (Å²) in [7, 11) is 0. The molecule has 0 amide bonds. The highest BCUT2D eigenvalue weighted by Crippen LogP contribution is 2.25. The van der Waals surface area contributed by atoms with Gasteiger partial charge in [-0.1, -0.05) is 13.8 Å². The maximum Gasteiger partial charge on any atom is 0.335 e. The Kier molecular flexibility index (Phi) is 3.22. The van der Waals surface area contributed by atoms with E-state index in [0.717, 1.165) is 36.4 Å². The highest BCUT2D eigenvalue weighted by atomic mass is 16.5. The smallest absolute Gasteiger partial charge is 0.335 e. The number of aromatic carboxylic acids is 1. The first kappa shape index (κ1) is 13.1. The molecular weight excluding hydrogens is 256 g/mol. The maximum absolute atomic E-state index is 11.1. The number of hydrogen-bond donors (Lipinski definition) is 1. The van der Waals surface area contributed by atoms with E-state index in [1.54, 1.807) is 18.2 Å². The molecule has 1 N–H and O–H groups in total. The average molecular weight is 274 g/mol. The molecule has 0 spiro atoms. The highest BCUT2D eigenvalue weighted by molar-refractivity contribution is 5.92. The van der Waals surface area contributed by atoms with E-state index in [4.69, 9.17) is 9.84 Å². The lowest BCUT2D eigenvalue weighted by Gasteiger charge is -2.28. The zero-order chi connectivity index (χ0) is 14.3. The standard InChI is InChI=1S/C15H18N2O3/c1-9(2)14-16-12-4-3-10(15(18)19)7-13(12)17(14)8-11-5-6-20-11/h3-4,7,9,11H,5-6,8H2,1-2H3,(H,18,19)/t11-/m0/s1. The molecule has 1 aliphatic heterocycles. The SMILES string of the molecule is CC(C)c1nc2ccc(C(=O)O)cc2n1C[C@@H]1CCO1. The fraction of sp³-hybridized carbons (Fsp3) is 0.467. The number of aromatic nitrogens is 2. The number of carbonyl (C=O) groups is 1. The zero-order valence-electron chi connectivity index (χ0n) is 11.7. The normalized spacial score (nSPS) is 18.4. The van der Waals surface area contributed by atoms with Crippen LogP contribution >= 0.6 is 0 Å². The first-order chi connectivity index (χ1) is 9.56. The Hall–Kier alpha value is -1.88. The molecule has 1 aromatic carbocycles. The lowest BCUT2D eigenvalue weighted by molar-refractivity contribution is -0.0590. The summed E-state index contributed by atoms with van der Waals surface area (Å²) in [6.45, 7) is 5.75. The summed E-state index contributed by atoms with van der Waals surface area (Å²) < 4.78 is 7.61. The van der Waals surface area contributed by atoms with Crippen molar-refractivity contribution in [1.29, 1.82) is 0 Å². The van der Waals surface area contributed by atoms with Gasteiger partial charge in [-0.3, -0.25) is 0 Å². The maximum atomic E-state index is 11.1. The van der Waals surface area contributed by atoms with E-state index in [0.29, 0.717) is 5.56 Å². The third-order valence-corrected chi connectivity index (χ3v) is 3.72. The predicted molar refractivity (Wildman–Crippen MR) is 75.1 cm³/mol. The van der Waals surface area contributed by atoms with Crippen LogP contribution in [0, 0.1) is 0 Å². The Morgan fingerprint density at radius 3 is 2.85 bits per heavy atom. The lowest BCUT2D eigenvalue weighted by atomic mass is 10.1. The summed E-state index contributed by atoms with van der Waals surface area (Å²) in [4.78, 5) is 15.8. The number of benzene rings is 1. The highest BCUT2D eigenvalue weighted by Gasteiger charge is 2.23. The molecule has 1 aliphatic rings. The van der Waals surface area contributed by atoms with Crippen molar-refractivity contribution in [2.75, 3.05) is 6.61 Å². The Morgan fingerprint density at radius 2 is 2.30 bits per heavy atom. The number of ether oxygens (including phenoxy) is 1. The molecule has 5 nitrogen and oxygen atoms in total. The Balaban J connectivity index is 2.11. The van der Waals surface area contributed by atoms with Crippen LogP contribution in [0.4, 0.5) is 0 Å². The number of rotatable bonds is 4. The molecule has 0 saturated carbocycles. The van der Waals surface area contributed by atoms with Crippen LogP contribution in [0.25, 0.3) is 11.0 Å². The van der Waals surface area contributed by atoms with Crippen molar-refractivity contribution in [2.24, 2.45) is 0 Å². The quantitative estimate of drug-likeness (QED) is 0.931. The van der Waals surface area contributed by atoms with Crippen LogP contribution in [-0.2, 0) is 11.3 Å². The third kappa shape index (κ3) is 2.18. The lowest BCUT2D eigenvalue weighted by Crippen LogP contribution is -2.31. The van der Waals surface area contributed by atoms with E-state index >= 15 is 0 Å². The van der Waals surface area contributed by atoms with Crippen molar-refractivity contribution < 1.29 is 14.6 Å². The van der Waals surface area contributed by atoms with E-state index in [1.165, 1.54) is 0 Å². The van der Waals surface area contributed by atoms with Crippen LogP contribution in [0.15, 0.2) is 18.2 Å². The van der Waals surface area contributed by atoms with Crippen molar-refractivity contribution in [3.8, 4) is 0 Å². The Bertz CT molecular complexity index is 656. The van der Waals surface area contributed by atoms with Crippen molar-refractivity contribution >= 4 is 17.0 Å². The number of carboxylic acids is 1. The van der Waals surface area contributed by atoms with Gasteiger partial charge in [0.15, 0.2) is 0 Å². The van der Waals surface area contributed by atoms with Crippen LogP contribution in [-0.4, -0.2) is 33.3 Å². The van der Waals surface area contributed by atoms with Gasteiger partial charge in [-0.15, -0.1) is 0 Å². The number of hydrogen-bond acceptors (Lipinski definition) is 3. The molecule has 2 aromatic rings. The van der Waals surface area contributed by atoms with Gasteiger partial charge in [0.1, 0.15) is 5.82 Å². The second-order valence-electron chi connectivity index (χ2n) is 5.53. The Labute approximate surface area is 117 Å². The molecule has 1 fully saturated rings. The van der Waals surface area contributed by atoms with Gasteiger partial charge < -0.3 is 14.4 Å². The molecule has 106 valence electrons. The summed E-state index contributed by atoms with van der Waals surface area (Å²) in [6, 6.07) is 5.09. The monoisotopic (exact) mass is 274 g/mol. The Morgan fingerprint density at radius 1 is 1.55 bits per heavy atom. The molecule has 2 heterocycles. The molecule has 3 rings (SSSR count). The summed E-state index contributed by atoms with van der Waals surface area (Å²) >= 11 is 0. The van der Waals surface area contributed by atoms with Crippen molar-refractivity contribution in [3.05, 3.63) is 29.6 Å². The van der Waals surface area contributed by atoms with Crippen LogP contribution < -0.4 is 0 Å². The zero-order valence-corrected chi connectivity index (χ0v) is 11.7. The molecule has 1 atom stereocenters. The number of fused-ring (bicyclic) bond motifs is 1. The molecule has 0 bridgehead atoms. The second kappa shape index (κ2) is 4.90. The van der Waals surface area contributed by atoms with Gasteiger partial charge in [-0.25, -0.2) is 9.78 Å². The number of carboxylic acid groups (broad SMARTS) is 1. The van der Waals surface area contributed by atoms with Crippen LogP contribution in [0.3, 0.4) is 0 Å². The van der Waals surface area contributed by atoms with Gasteiger partial charge in [0, 0.05) is 12.5 Å². The first-order valence-corrected chi connectivity index (χ1v) is 6.91. The third-order valence-electron chi connectivity index (χ3n) is 3.72. The topological polar surface area (TPSA) is 64.3 Å². The van der Waals surface area contributed by atoms with E-state index in [2.05, 4.69) is 23.4 Å². The minimum atomic E-state index is -0.911. The largest absolute Gasteiger partial charge is 0.478 e. The first-order valence-electron chi connectivity index (χ1n) is 6.91. The average Bonchev–Trinajstić information content (AvgIpc) is 2.71. The van der Waals surface area contributed by atoms with Gasteiger partial charge in [-0.05, 0) is 24.6 Å². The van der Waals surface area contributed by atoms with E-state index in [9.17, 15) is 4.79 Å². The molecular formula is C15H18N2O3. The summed E-state index contributed by atoms with van der Waals surface area (Å²) in [5, 5.41) is 9.14. The fourth-order valence-corrected chi connectivity index (χ4v) is 2.54. The molecule has 5 heteroatoms. The van der Waals surface area contributed by atoms with Gasteiger partial charge in [0.25, 0.3) is 0 Å². The van der Waals surface area contributed by atoms with Crippen LogP contribution in [0.5, 0.6) is 0 Å². The summed E-state index contributed by atoms with van der Waals surface area (Å²) in [5.41, 5.74) is 2.02. The van der Waals surface area contributed by atoms with E-state index in [1.807, 2.05) is 0 Å². The van der Waals surface area contributed by atoms with Gasteiger partial charge in [0.2, 0.25) is 0 Å². The molecule has 1 saturated heterocycles. The summed E-state index contributed by atoms with van der Waals surface area (Å²) in [6.07, 6.45) is 1.27. The molecule has 0 aliphatic carbocycles. The number of nitrogens with zero attached hydrogens (tertiary/aromatic N) is 2. The molecule has 1 aromatic heterocycles.